The first-order chi connectivity index (χ1) is 39.9. The van der Waals surface area contributed by atoms with Gasteiger partial charge in [0, 0.05) is 69.6 Å². The molecule has 0 aliphatic carbocycles. The molecule has 20 nitrogen and oxygen atoms in total. The lowest BCUT2D eigenvalue weighted by molar-refractivity contribution is -0.143. The Bertz CT molecular complexity index is 2270. The third-order valence-corrected chi connectivity index (χ3v) is 16.0. The molecule has 480 valence electrons. The van der Waals surface area contributed by atoms with Crippen LogP contribution in [0.15, 0.2) is 30.5 Å². The lowest BCUT2D eigenvalue weighted by Gasteiger charge is -2.35. The minimum atomic E-state index is -0.873. The van der Waals surface area contributed by atoms with E-state index in [0.29, 0.717) is 70.5 Å². The number of ether oxygens (including phenoxy) is 2. The lowest BCUT2D eigenvalue weighted by Crippen LogP contribution is -2.53. The number of ketones is 1. The highest BCUT2D eigenvalue weighted by Crippen LogP contribution is 2.30. The average Bonchev–Trinajstić information content (AvgIpc) is 4.35. The predicted octanol–water partition coefficient (Wildman–Crippen LogP) is 8.43. The number of carbonyl (C=O) groups excluding carboxylic acids is 9. The summed E-state index contributed by atoms with van der Waals surface area (Å²) < 4.78 is 11.6. The molecular formula is C64H113N9O11. The maximum absolute atomic E-state index is 13.4. The van der Waals surface area contributed by atoms with E-state index < -0.39 is 30.0 Å². The van der Waals surface area contributed by atoms with Gasteiger partial charge in [0.25, 0.3) is 0 Å². The number of nitrogens with one attached hydrogen (secondary N) is 5. The van der Waals surface area contributed by atoms with Gasteiger partial charge in [-0.15, -0.1) is 0 Å². The number of hydrogen-bond donors (Lipinski definition) is 6. The number of fused-ring (bicyclic) bond motifs is 1. The Morgan fingerprint density at radius 2 is 1.36 bits per heavy atom. The van der Waals surface area contributed by atoms with Crippen LogP contribution in [0.3, 0.4) is 0 Å². The van der Waals surface area contributed by atoms with E-state index in [-0.39, 0.29) is 102 Å². The molecule has 84 heavy (non-hydrogen) atoms. The summed E-state index contributed by atoms with van der Waals surface area (Å²) in [6.07, 6.45) is 10.2. The first-order valence-corrected chi connectivity index (χ1v) is 31.2. The zero-order valence-corrected chi connectivity index (χ0v) is 54.8. The van der Waals surface area contributed by atoms with Crippen molar-refractivity contribution in [3.8, 4) is 0 Å². The number of likely N-dealkylation sites (N-methyl/N-ethyl adjacent to an activating group) is 1. The highest BCUT2D eigenvalue weighted by molar-refractivity contribution is 5.91. The monoisotopic (exact) mass is 1180 g/mol. The fourth-order valence-corrected chi connectivity index (χ4v) is 10.5. The Balaban J connectivity index is 0.00000155. The Kier molecular flexibility index (Phi) is 40.0. The number of imide groups is 1. The van der Waals surface area contributed by atoms with Crippen LogP contribution >= 0.6 is 0 Å². The van der Waals surface area contributed by atoms with Gasteiger partial charge in [-0.1, -0.05) is 134 Å². The Labute approximate surface area is 504 Å². The molecule has 1 aromatic heterocycles. The number of aromatic amines is 1. The molecule has 1 aliphatic heterocycles. The highest BCUT2D eigenvalue weighted by Gasteiger charge is 2.41. The number of aromatic nitrogens is 1. The van der Waals surface area contributed by atoms with E-state index in [1.54, 1.807) is 28.1 Å². The van der Waals surface area contributed by atoms with Crippen molar-refractivity contribution >= 4 is 64.4 Å². The van der Waals surface area contributed by atoms with Crippen molar-refractivity contribution in [3.05, 3.63) is 36.0 Å². The number of rotatable bonds is 35. The molecule has 0 saturated carbocycles. The molecule has 1 aliphatic rings. The van der Waals surface area contributed by atoms with Crippen LogP contribution in [0.5, 0.6) is 0 Å². The van der Waals surface area contributed by atoms with Crippen molar-refractivity contribution in [2.75, 3.05) is 40.9 Å². The molecule has 1 saturated heterocycles. The molecule has 20 heteroatoms. The molecule has 2 aromatic rings. The smallest absolute Gasteiger partial charge is 0.240 e. The molecule has 10 atom stereocenters. The van der Waals surface area contributed by atoms with Crippen LogP contribution in [0.4, 0.5) is 0 Å². The predicted molar refractivity (Wildman–Crippen MR) is 334 cm³/mol. The maximum atomic E-state index is 13.4. The van der Waals surface area contributed by atoms with E-state index in [1.165, 1.54) is 11.8 Å². The molecule has 0 bridgehead atoms. The number of unbranched alkanes of at least 4 members (excludes halogenated alkanes) is 4. The Morgan fingerprint density at radius 1 is 0.774 bits per heavy atom. The van der Waals surface area contributed by atoms with E-state index >= 15 is 0 Å². The van der Waals surface area contributed by atoms with E-state index in [2.05, 4.69) is 47.2 Å². The van der Waals surface area contributed by atoms with Gasteiger partial charge in [0.15, 0.2) is 5.78 Å². The Hall–Kier alpha value is -5.73. The molecule has 2 heterocycles. The van der Waals surface area contributed by atoms with Crippen LogP contribution < -0.4 is 27.2 Å². The fourth-order valence-electron chi connectivity index (χ4n) is 10.5. The van der Waals surface area contributed by atoms with Gasteiger partial charge in [-0.2, -0.15) is 0 Å². The normalized spacial score (nSPS) is 16.1. The van der Waals surface area contributed by atoms with Gasteiger partial charge >= 0.3 is 0 Å². The van der Waals surface area contributed by atoms with Gasteiger partial charge in [0.1, 0.15) is 6.04 Å². The van der Waals surface area contributed by atoms with Gasteiger partial charge in [0.05, 0.1) is 42.7 Å². The lowest BCUT2D eigenvalue weighted by atomic mass is 9.87. The second-order valence-corrected chi connectivity index (χ2v) is 22.7. The van der Waals surface area contributed by atoms with Crippen LogP contribution in [0.2, 0.25) is 0 Å². The summed E-state index contributed by atoms with van der Waals surface area (Å²) in [5.41, 5.74) is 12.4. The van der Waals surface area contributed by atoms with Crippen molar-refractivity contribution in [2.45, 2.75) is 230 Å². The molecule has 0 radical (unpaired) electrons. The molecule has 7 N–H and O–H groups in total. The molecule has 8 unspecified atom stereocenters. The SMILES string of the molecule is CC.CC.CCC(C)C(=O)N(C=O)CCCCCC(=O)NNC(=O)CCCCCN(C)C(C(=O)N[C@H](C(C)=O)C(C)C)C(C)C.CCC(C)C(C)C(CC(=O)N1CCCC1C(OC)C(C)C(=O)N[C@@H](Cc1c[nH]c2ccccc12)C(N)=O)OC. The van der Waals surface area contributed by atoms with E-state index in [9.17, 15) is 43.2 Å². The number of Topliss-reactive ketones (excluding diaryl/α,β-unsaturated/α-hetero) is 1. The summed E-state index contributed by atoms with van der Waals surface area (Å²) in [6.45, 7) is 30.8. The molecule has 0 spiro atoms. The maximum Gasteiger partial charge on any atom is 0.240 e. The fraction of sp³-hybridized carbons (Fsp3) is 0.734. The highest BCUT2D eigenvalue weighted by atomic mass is 16.5. The zero-order chi connectivity index (χ0) is 64.2. The number of nitrogens with zero attached hydrogens (tertiary/aromatic N) is 3. The zero-order valence-electron chi connectivity index (χ0n) is 54.8. The van der Waals surface area contributed by atoms with Crippen molar-refractivity contribution in [1.29, 1.82) is 0 Å². The van der Waals surface area contributed by atoms with E-state index in [1.807, 2.05) is 110 Å². The summed E-state index contributed by atoms with van der Waals surface area (Å²) in [4.78, 5) is 120. The quantitative estimate of drug-likeness (QED) is 0.0216. The number of hydrazine groups is 1. The summed E-state index contributed by atoms with van der Waals surface area (Å²) in [6, 6.07) is 5.82. The van der Waals surface area contributed by atoms with E-state index in [4.69, 9.17) is 15.2 Å². The van der Waals surface area contributed by atoms with Crippen molar-refractivity contribution in [3.63, 3.8) is 0 Å². The number of H-pyrrole nitrogens is 1. The van der Waals surface area contributed by atoms with Gasteiger partial charge in [-0.25, -0.2) is 0 Å². The van der Waals surface area contributed by atoms with Gasteiger partial charge in [-0.05, 0) is 101 Å². The van der Waals surface area contributed by atoms with Crippen LogP contribution in [0.25, 0.3) is 10.9 Å². The van der Waals surface area contributed by atoms with Crippen LogP contribution in [0, 0.1) is 35.5 Å². The number of amides is 8. The topological polar surface area (TPSA) is 272 Å². The van der Waals surface area contributed by atoms with Crippen molar-refractivity contribution < 1.29 is 52.6 Å². The number of methoxy groups -OCH3 is 2. The molecule has 1 aromatic carbocycles. The summed E-state index contributed by atoms with van der Waals surface area (Å²) in [5.74, 6) is -1.86. The molecule has 3 rings (SSSR count). The largest absolute Gasteiger partial charge is 0.381 e. The third kappa shape index (κ3) is 26.7. The second kappa shape index (κ2) is 43.0. The van der Waals surface area contributed by atoms with Crippen LogP contribution in [0.1, 0.15) is 193 Å². The molecule has 1 fully saturated rings. The standard InChI is InChI=1S/C30H55N5O6.C30H46N4O5.2C2H6/c1-9-23(6)30(41)35(20-36)19-15-11-13-17-26(39)33-32-25(38)16-12-10-14-18-34(8)28(22(4)5)29(40)31-27(21(2)3)24(7)37;1-7-18(2)19(3)26(38-5)16-27(35)34-14-10-13-25(34)28(39-6)20(4)30(37)33-24(29(31)36)15-21-17-32-23-12-9-8-11-22(21)23;2*1-2/h20-23,27-28H,9-19H2,1-8H3,(H,31,40)(H,32,38)(H,33,39);8-9,11-12,17-20,24-26,28,32H,7,10,13-16H2,1-6H3,(H2,31,36)(H,33,37);2*1-2H3/t23?,27-,28?;18?,19?,20?,24-,25?,26?,28?;;/m00../s1. The van der Waals surface area contributed by atoms with Gasteiger partial charge < -0.3 is 35.7 Å². The van der Waals surface area contributed by atoms with E-state index in [0.717, 1.165) is 48.6 Å². The average molecular weight is 1180 g/mol. The number of primary amides is 1. The first-order valence-electron chi connectivity index (χ1n) is 31.2. The van der Waals surface area contributed by atoms with Crippen LogP contribution in [-0.2, 0) is 59.0 Å². The first kappa shape index (κ1) is 78.3. The summed E-state index contributed by atoms with van der Waals surface area (Å²) >= 11 is 0. The Morgan fingerprint density at radius 3 is 1.86 bits per heavy atom. The van der Waals surface area contributed by atoms with Gasteiger partial charge in [0.2, 0.25) is 47.8 Å². The van der Waals surface area contributed by atoms with Crippen molar-refractivity contribution in [2.24, 2.45) is 41.2 Å². The number of benzene rings is 1. The number of hydrogen-bond acceptors (Lipinski definition) is 12. The number of likely N-dealkylation sites (tertiary alicyclic amines) is 1. The minimum absolute atomic E-state index is 0.0171. The number of nitrogens with two attached hydrogens (primary N) is 1. The molecule has 8 amide bonds. The van der Waals surface area contributed by atoms with Crippen molar-refractivity contribution in [1.82, 2.24) is 41.2 Å². The van der Waals surface area contributed by atoms with Gasteiger partial charge in [-0.3, -0.25) is 63.8 Å². The third-order valence-electron chi connectivity index (χ3n) is 16.0. The molecular weight excluding hydrogens is 1070 g/mol. The second-order valence-electron chi connectivity index (χ2n) is 22.7. The number of para-hydroxylation sites is 1. The summed E-state index contributed by atoms with van der Waals surface area (Å²) in [7, 11) is 5.12. The minimum Gasteiger partial charge on any atom is -0.381 e. The number of carbonyl (C=O) groups is 9. The summed E-state index contributed by atoms with van der Waals surface area (Å²) in [5, 5.41) is 6.74. The van der Waals surface area contributed by atoms with Crippen LogP contribution in [-0.4, -0.2) is 151 Å².